The molecule has 0 amide bonds. The van der Waals surface area contributed by atoms with Crippen LogP contribution in [-0.4, -0.2) is 4.98 Å². The number of fused-ring (bicyclic) bond motifs is 9. The summed E-state index contributed by atoms with van der Waals surface area (Å²) in [6.45, 7) is 0. The molecule has 290 valence electrons. The maximum Gasteiger partial charge on any atom is 1.00 e. The van der Waals surface area contributed by atoms with Crippen molar-refractivity contribution in [3.8, 4) is 0 Å². The summed E-state index contributed by atoms with van der Waals surface area (Å²) in [7, 11) is 0. The smallest absolute Gasteiger partial charge is 0.374 e. The molecule has 3 nitrogen and oxygen atoms in total. The molecule has 1 aromatic heterocycles. The Bertz CT molecular complexity index is 2840. The van der Waals surface area contributed by atoms with E-state index in [-0.39, 0.29) is 32.4 Å². The standard InChI is InChI=1S/2C19H15N.C13H9N.C6H5.Li.H2/c2*1-2-7-15(8-3-1)18-13-11-17-16-9-5-4-6-14(16)10-12-19(17)20-18;1-2-5-11-10(4-1)7-8-13-12(11)6-3-9-14-13;1-2-4-6-5-3-1;;/h2*1-13,18,20H;1-9H;1-5H;;1H/q;;;-1;+1;. The molecule has 2 aliphatic rings. The van der Waals surface area contributed by atoms with Crippen LogP contribution in [0.25, 0.3) is 55.4 Å². The Labute approximate surface area is 371 Å². The maximum atomic E-state index is 4.33. The molecule has 2 atom stereocenters. The molecule has 2 unspecified atom stereocenters. The van der Waals surface area contributed by atoms with Gasteiger partial charge in [-0.1, -0.05) is 182 Å². The van der Waals surface area contributed by atoms with Crippen LogP contribution in [0.3, 0.4) is 0 Å². The van der Waals surface area contributed by atoms with Gasteiger partial charge in [0.15, 0.2) is 0 Å². The molecule has 0 radical (unpaired) electrons. The average molecular weight is 780 g/mol. The van der Waals surface area contributed by atoms with Crippen molar-refractivity contribution in [1.29, 1.82) is 0 Å². The number of aromatic nitrogens is 1. The van der Waals surface area contributed by atoms with Crippen LogP contribution < -0.4 is 29.5 Å². The van der Waals surface area contributed by atoms with Crippen LogP contribution in [0.5, 0.6) is 0 Å². The minimum absolute atomic E-state index is 0. The average Bonchev–Trinajstić information content (AvgIpc) is 3.35. The summed E-state index contributed by atoms with van der Waals surface area (Å²) in [6, 6.07) is 76.5. The summed E-state index contributed by atoms with van der Waals surface area (Å²) in [5.74, 6) is 0. The van der Waals surface area contributed by atoms with Gasteiger partial charge < -0.3 is 10.6 Å². The predicted molar refractivity (Wildman–Crippen MR) is 258 cm³/mol. The zero-order valence-electron chi connectivity index (χ0n) is 34.2. The van der Waals surface area contributed by atoms with E-state index in [9.17, 15) is 0 Å². The van der Waals surface area contributed by atoms with Gasteiger partial charge in [-0.05, 0) is 67.7 Å². The fourth-order valence-electron chi connectivity index (χ4n) is 7.90. The van der Waals surface area contributed by atoms with Gasteiger partial charge in [0, 0.05) is 35.5 Å². The Morgan fingerprint density at radius 3 is 1.31 bits per heavy atom. The monoisotopic (exact) mass is 779 g/mol. The SMILES string of the molecule is C1=CC(c2ccccc2)Nc2ccc3ccccc3c21.C1=CC(c2ccccc2)Nc2ccc3ccccc3c21.[HH].[Li+].[c-]1ccccc1.c1ccc2c(c1)ccc1ncccc12. The Kier molecular flexibility index (Phi) is 13.1. The van der Waals surface area contributed by atoms with Crippen molar-refractivity contribution in [2.24, 2.45) is 0 Å². The number of hydrogen-bond donors (Lipinski definition) is 2. The fourth-order valence-corrected chi connectivity index (χ4v) is 7.90. The predicted octanol–water partition coefficient (Wildman–Crippen LogP) is 12.2. The summed E-state index contributed by atoms with van der Waals surface area (Å²) >= 11 is 0. The Hall–Kier alpha value is -7.15. The van der Waals surface area contributed by atoms with Crippen LogP contribution in [0, 0.1) is 6.07 Å². The van der Waals surface area contributed by atoms with E-state index in [1.165, 1.54) is 71.3 Å². The Balaban J connectivity index is 0.000000131. The number of nitrogens with zero attached hydrogens (tertiary/aromatic N) is 1. The number of benzene rings is 9. The van der Waals surface area contributed by atoms with Crippen LogP contribution in [0.1, 0.15) is 35.8 Å². The minimum Gasteiger partial charge on any atom is -0.374 e. The van der Waals surface area contributed by atoms with Crippen LogP contribution >= 0.6 is 0 Å². The molecule has 9 aromatic carbocycles. The molecule has 12 rings (SSSR count). The van der Waals surface area contributed by atoms with E-state index in [0.29, 0.717) is 0 Å². The molecule has 0 aliphatic carbocycles. The molecule has 0 bridgehead atoms. The topological polar surface area (TPSA) is 37.0 Å². The van der Waals surface area contributed by atoms with Gasteiger partial charge in [0.2, 0.25) is 0 Å². The number of anilines is 2. The molecule has 0 saturated carbocycles. The second-order valence-electron chi connectivity index (χ2n) is 14.7. The van der Waals surface area contributed by atoms with E-state index in [0.717, 1.165) is 5.52 Å². The van der Waals surface area contributed by atoms with E-state index >= 15 is 0 Å². The summed E-state index contributed by atoms with van der Waals surface area (Å²) in [5, 5.41) is 16.2. The third kappa shape index (κ3) is 9.51. The quantitative estimate of drug-likeness (QED) is 0.104. The first-order valence-corrected chi connectivity index (χ1v) is 20.4. The summed E-state index contributed by atoms with van der Waals surface area (Å²) in [4.78, 5) is 4.33. The number of rotatable bonds is 2. The van der Waals surface area contributed by atoms with E-state index in [4.69, 9.17) is 0 Å². The van der Waals surface area contributed by atoms with Crippen LogP contribution in [0.4, 0.5) is 11.4 Å². The van der Waals surface area contributed by atoms with Gasteiger partial charge in [0.05, 0.1) is 17.6 Å². The maximum absolute atomic E-state index is 4.33. The molecular formula is C57H46LiN3. The molecule has 10 aromatic rings. The van der Waals surface area contributed by atoms with Crippen LogP contribution in [0.2, 0.25) is 0 Å². The Morgan fingerprint density at radius 1 is 0.393 bits per heavy atom. The van der Waals surface area contributed by atoms with Crippen molar-refractivity contribution in [3.05, 3.63) is 259 Å². The Morgan fingerprint density at radius 2 is 0.820 bits per heavy atom. The molecule has 0 saturated heterocycles. The molecule has 2 N–H and O–H groups in total. The number of nitrogens with one attached hydrogen (secondary N) is 2. The second-order valence-corrected chi connectivity index (χ2v) is 14.7. The molecule has 0 spiro atoms. The third-order valence-electron chi connectivity index (χ3n) is 10.9. The minimum atomic E-state index is 0. The van der Waals surface area contributed by atoms with Gasteiger partial charge in [-0.15, -0.1) is 0 Å². The molecule has 3 heterocycles. The zero-order valence-corrected chi connectivity index (χ0v) is 34.2. The van der Waals surface area contributed by atoms with Gasteiger partial charge in [-0.2, -0.15) is 36.4 Å². The summed E-state index contributed by atoms with van der Waals surface area (Å²) < 4.78 is 0. The van der Waals surface area contributed by atoms with Crippen LogP contribution in [0.15, 0.2) is 231 Å². The number of pyridine rings is 1. The van der Waals surface area contributed by atoms with Gasteiger partial charge in [0.1, 0.15) is 0 Å². The van der Waals surface area contributed by atoms with Gasteiger partial charge in [-0.3, -0.25) is 4.98 Å². The van der Waals surface area contributed by atoms with Crippen molar-refractivity contribution < 1.29 is 20.3 Å². The van der Waals surface area contributed by atoms with Crippen molar-refractivity contribution in [3.63, 3.8) is 0 Å². The summed E-state index contributed by atoms with van der Waals surface area (Å²) in [6.07, 6.45) is 10.8. The number of hydrogen-bond acceptors (Lipinski definition) is 3. The van der Waals surface area contributed by atoms with E-state index in [1.54, 1.807) is 0 Å². The van der Waals surface area contributed by atoms with Crippen molar-refractivity contribution in [2.45, 2.75) is 12.1 Å². The van der Waals surface area contributed by atoms with Crippen molar-refractivity contribution in [2.75, 3.05) is 10.6 Å². The van der Waals surface area contributed by atoms with Gasteiger partial charge in [0.25, 0.3) is 0 Å². The normalized spacial score (nSPS) is 14.2. The fraction of sp³-hybridized carbons (Fsp3) is 0.0351. The molecule has 2 aliphatic heterocycles. The van der Waals surface area contributed by atoms with Crippen molar-refractivity contribution >= 4 is 66.7 Å². The van der Waals surface area contributed by atoms with E-state index in [1.807, 2.05) is 42.6 Å². The van der Waals surface area contributed by atoms with Gasteiger partial charge in [-0.25, -0.2) is 0 Å². The first-order valence-electron chi connectivity index (χ1n) is 20.4. The third-order valence-corrected chi connectivity index (χ3v) is 10.9. The van der Waals surface area contributed by atoms with E-state index in [2.05, 4.69) is 222 Å². The largest absolute Gasteiger partial charge is 1.00 e. The first-order chi connectivity index (χ1) is 29.8. The molecule has 4 heteroatoms. The van der Waals surface area contributed by atoms with E-state index < -0.39 is 0 Å². The molecular weight excluding hydrogens is 734 g/mol. The van der Waals surface area contributed by atoms with Crippen LogP contribution in [-0.2, 0) is 0 Å². The van der Waals surface area contributed by atoms with Gasteiger partial charge >= 0.3 is 18.9 Å². The van der Waals surface area contributed by atoms with Crippen molar-refractivity contribution in [1.82, 2.24) is 4.98 Å². The molecule has 0 fully saturated rings. The molecule has 61 heavy (non-hydrogen) atoms. The summed E-state index contributed by atoms with van der Waals surface area (Å²) in [5.41, 5.74) is 8.64. The second kappa shape index (κ2) is 19.7. The zero-order chi connectivity index (χ0) is 40.4. The first kappa shape index (κ1) is 40.6.